The predicted molar refractivity (Wildman–Crippen MR) is 70.9 cm³/mol. The minimum atomic E-state index is -0.800. The normalized spacial score (nSPS) is 22.4. The maximum Gasteiger partial charge on any atom is 0.318 e. The molecular weight excluding hydrogens is 230 g/mol. The van der Waals surface area contributed by atoms with E-state index in [1.54, 1.807) is 0 Å². The lowest BCUT2D eigenvalue weighted by Gasteiger charge is -2.45. The molecule has 0 unspecified atom stereocenters. The quantitative estimate of drug-likeness (QED) is 0.712. The van der Waals surface area contributed by atoms with Crippen molar-refractivity contribution in [3.05, 3.63) is 0 Å². The van der Waals surface area contributed by atoms with Gasteiger partial charge in [-0.1, -0.05) is 27.7 Å². The molecule has 0 aromatic carbocycles. The van der Waals surface area contributed by atoms with Gasteiger partial charge < -0.3 is 11.1 Å². The van der Waals surface area contributed by atoms with Gasteiger partial charge in [0.2, 0.25) is 5.91 Å². The second kappa shape index (κ2) is 5.26. The molecule has 1 saturated carbocycles. The van der Waals surface area contributed by atoms with Gasteiger partial charge in [0.15, 0.2) is 0 Å². The summed E-state index contributed by atoms with van der Waals surface area (Å²) in [5, 5.41) is 5.28. The van der Waals surface area contributed by atoms with Gasteiger partial charge in [0.05, 0.1) is 6.54 Å². The number of rotatable bonds is 3. The summed E-state index contributed by atoms with van der Waals surface area (Å²) in [6.07, 6.45) is 3.27. The second-order valence-electron chi connectivity index (χ2n) is 6.90. The Labute approximate surface area is 109 Å². The molecule has 18 heavy (non-hydrogen) atoms. The van der Waals surface area contributed by atoms with Crippen LogP contribution in [0.3, 0.4) is 0 Å². The molecule has 0 aliphatic heterocycles. The lowest BCUT2D eigenvalue weighted by molar-refractivity contribution is -0.119. The van der Waals surface area contributed by atoms with Crippen LogP contribution in [-0.2, 0) is 4.79 Å². The number of nitrogens with two attached hydrogens (primary N) is 1. The van der Waals surface area contributed by atoms with Crippen molar-refractivity contribution in [1.29, 1.82) is 0 Å². The van der Waals surface area contributed by atoms with Gasteiger partial charge in [-0.2, -0.15) is 0 Å². The monoisotopic (exact) mass is 255 g/mol. The smallest absolute Gasteiger partial charge is 0.318 e. The Morgan fingerprint density at radius 1 is 1.17 bits per heavy atom. The van der Waals surface area contributed by atoms with Gasteiger partial charge in [0.25, 0.3) is 0 Å². The van der Waals surface area contributed by atoms with Crippen molar-refractivity contribution in [3.8, 4) is 0 Å². The van der Waals surface area contributed by atoms with Gasteiger partial charge in [-0.15, -0.1) is 0 Å². The number of hydrogen-bond donors (Lipinski definition) is 3. The summed E-state index contributed by atoms with van der Waals surface area (Å²) >= 11 is 0. The number of urea groups is 1. The Morgan fingerprint density at radius 3 is 2.11 bits per heavy atom. The Morgan fingerprint density at radius 2 is 1.67 bits per heavy atom. The van der Waals surface area contributed by atoms with Crippen molar-refractivity contribution < 1.29 is 9.59 Å². The van der Waals surface area contributed by atoms with Crippen LogP contribution in [0.2, 0.25) is 0 Å². The number of hydrogen-bond acceptors (Lipinski definition) is 3. The molecule has 1 aliphatic rings. The summed E-state index contributed by atoms with van der Waals surface area (Å²) < 4.78 is 0. The molecule has 0 spiro atoms. The molecule has 0 radical (unpaired) electrons. The van der Waals surface area contributed by atoms with Crippen LogP contribution in [0.1, 0.15) is 47.0 Å². The average Bonchev–Trinajstić information content (AvgIpc) is 2.08. The van der Waals surface area contributed by atoms with Crippen molar-refractivity contribution in [2.75, 3.05) is 6.54 Å². The zero-order valence-electron chi connectivity index (χ0n) is 11.8. The van der Waals surface area contributed by atoms with E-state index in [1.807, 2.05) is 0 Å². The van der Waals surface area contributed by atoms with Crippen molar-refractivity contribution in [1.82, 2.24) is 10.6 Å². The maximum absolute atomic E-state index is 11.3. The van der Waals surface area contributed by atoms with Crippen LogP contribution >= 0.6 is 0 Å². The van der Waals surface area contributed by atoms with Crippen LogP contribution in [0, 0.1) is 10.8 Å². The highest BCUT2D eigenvalue weighted by atomic mass is 16.2. The maximum atomic E-state index is 11.3. The van der Waals surface area contributed by atoms with Crippen molar-refractivity contribution in [3.63, 3.8) is 0 Å². The van der Waals surface area contributed by atoms with E-state index in [4.69, 9.17) is 5.73 Å². The van der Waals surface area contributed by atoms with Gasteiger partial charge in [0.1, 0.15) is 0 Å². The lowest BCUT2D eigenvalue weighted by Crippen LogP contribution is -2.48. The van der Waals surface area contributed by atoms with Gasteiger partial charge in [-0.05, 0) is 30.1 Å². The number of carbonyl (C=O) groups excluding carboxylic acids is 2. The molecule has 4 N–H and O–H groups in total. The molecule has 1 aliphatic carbocycles. The fourth-order valence-corrected chi connectivity index (χ4v) is 3.41. The third-order valence-corrected chi connectivity index (χ3v) is 3.37. The number of nitrogens with one attached hydrogen (secondary N) is 2. The SMILES string of the molecule is CC1(C)CC(NCC(=O)NC(N)=O)CC(C)(C)C1. The highest BCUT2D eigenvalue weighted by Gasteiger charge is 2.38. The fourth-order valence-electron chi connectivity index (χ4n) is 3.41. The van der Waals surface area contributed by atoms with Gasteiger partial charge in [-0.25, -0.2) is 4.79 Å². The van der Waals surface area contributed by atoms with Crippen molar-refractivity contribution in [2.24, 2.45) is 16.6 Å². The fraction of sp³-hybridized carbons (Fsp3) is 0.846. The first kappa shape index (κ1) is 15.0. The largest absolute Gasteiger partial charge is 0.351 e. The Bertz CT molecular complexity index is 321. The molecule has 0 aromatic heterocycles. The van der Waals surface area contributed by atoms with E-state index in [-0.39, 0.29) is 23.3 Å². The van der Waals surface area contributed by atoms with Gasteiger partial charge >= 0.3 is 6.03 Å². The van der Waals surface area contributed by atoms with Gasteiger partial charge in [0, 0.05) is 6.04 Å². The Hall–Kier alpha value is -1.10. The Kier molecular flexibility index (Phi) is 4.37. The Balaban J connectivity index is 2.47. The van der Waals surface area contributed by atoms with E-state index < -0.39 is 6.03 Å². The van der Waals surface area contributed by atoms with Crippen molar-refractivity contribution in [2.45, 2.75) is 53.0 Å². The summed E-state index contributed by atoms with van der Waals surface area (Å²) in [6.45, 7) is 9.16. The van der Waals surface area contributed by atoms with Gasteiger partial charge in [-0.3, -0.25) is 10.1 Å². The van der Waals surface area contributed by atoms with Crippen LogP contribution in [0.15, 0.2) is 0 Å². The third kappa shape index (κ3) is 5.04. The second-order valence-corrected chi connectivity index (χ2v) is 6.90. The van der Waals surface area contributed by atoms with E-state index >= 15 is 0 Å². The molecule has 3 amide bonds. The van der Waals surface area contributed by atoms with E-state index in [0.717, 1.165) is 12.8 Å². The number of primary amides is 1. The number of imide groups is 1. The molecule has 0 aromatic rings. The molecule has 5 heteroatoms. The average molecular weight is 255 g/mol. The number of carbonyl (C=O) groups is 2. The first-order chi connectivity index (χ1) is 8.10. The van der Waals surface area contributed by atoms with E-state index in [0.29, 0.717) is 6.04 Å². The van der Waals surface area contributed by atoms with Crippen LogP contribution in [0.5, 0.6) is 0 Å². The van der Waals surface area contributed by atoms with E-state index in [2.05, 4.69) is 38.3 Å². The van der Waals surface area contributed by atoms with Crippen molar-refractivity contribution >= 4 is 11.9 Å². The lowest BCUT2D eigenvalue weighted by atomic mass is 9.63. The third-order valence-electron chi connectivity index (χ3n) is 3.37. The molecule has 0 atom stereocenters. The highest BCUT2D eigenvalue weighted by Crippen LogP contribution is 2.45. The minimum Gasteiger partial charge on any atom is -0.351 e. The first-order valence-electron chi connectivity index (χ1n) is 6.42. The summed E-state index contributed by atoms with van der Waals surface area (Å²) in [5.41, 5.74) is 5.44. The van der Waals surface area contributed by atoms with Crippen LogP contribution < -0.4 is 16.4 Å². The highest BCUT2D eigenvalue weighted by molar-refractivity contribution is 5.94. The van der Waals surface area contributed by atoms with Crippen LogP contribution in [0.25, 0.3) is 0 Å². The molecule has 0 saturated heterocycles. The molecule has 104 valence electrons. The number of amides is 3. The van der Waals surface area contributed by atoms with E-state index in [9.17, 15) is 9.59 Å². The topological polar surface area (TPSA) is 84.2 Å². The zero-order valence-corrected chi connectivity index (χ0v) is 11.8. The molecule has 0 heterocycles. The summed E-state index contributed by atoms with van der Waals surface area (Å²) in [5.74, 6) is -0.372. The molecule has 1 fully saturated rings. The molecule has 5 nitrogen and oxygen atoms in total. The van der Waals surface area contributed by atoms with Crippen LogP contribution in [-0.4, -0.2) is 24.5 Å². The van der Waals surface area contributed by atoms with Crippen LogP contribution in [0.4, 0.5) is 4.79 Å². The minimum absolute atomic E-state index is 0.139. The predicted octanol–water partition coefficient (Wildman–Crippen LogP) is 1.38. The zero-order chi connectivity index (χ0) is 14.0. The first-order valence-corrected chi connectivity index (χ1v) is 6.42. The molecule has 0 bridgehead atoms. The summed E-state index contributed by atoms with van der Waals surface area (Å²) in [7, 11) is 0. The molecule has 1 rings (SSSR count). The molecular formula is C13H25N3O2. The summed E-state index contributed by atoms with van der Waals surface area (Å²) in [4.78, 5) is 21.9. The van der Waals surface area contributed by atoms with E-state index in [1.165, 1.54) is 6.42 Å². The standard InChI is InChI=1S/C13H25N3O2/c1-12(2)5-9(6-13(3,4)8-12)15-7-10(17)16-11(14)18/h9,15H,5-8H2,1-4H3,(H3,14,16,17,18). The summed E-state index contributed by atoms with van der Waals surface area (Å²) in [6, 6.07) is -0.492.